The van der Waals surface area contributed by atoms with Crippen molar-refractivity contribution in [3.63, 3.8) is 0 Å². The summed E-state index contributed by atoms with van der Waals surface area (Å²) in [6.07, 6.45) is -0.646. The van der Waals surface area contributed by atoms with Gasteiger partial charge in [0.2, 0.25) is 0 Å². The van der Waals surface area contributed by atoms with Gasteiger partial charge in [-0.3, -0.25) is 0 Å². The van der Waals surface area contributed by atoms with E-state index in [0.29, 0.717) is 5.75 Å². The van der Waals surface area contributed by atoms with Gasteiger partial charge in [-0.15, -0.1) is 0 Å². The van der Waals surface area contributed by atoms with Crippen LogP contribution in [0, 0.1) is 13.8 Å². The molecule has 0 aliphatic carbocycles. The van der Waals surface area contributed by atoms with E-state index in [1.807, 2.05) is 32.0 Å². The first kappa shape index (κ1) is 14.6. The number of aliphatic hydroxyl groups is 2. The first-order chi connectivity index (χ1) is 9.60. The number of aliphatic hydroxyl groups excluding tert-OH is 2. The van der Waals surface area contributed by atoms with Crippen LogP contribution in [0.25, 0.3) is 0 Å². The summed E-state index contributed by atoms with van der Waals surface area (Å²) in [4.78, 5) is 0. The molecule has 0 saturated carbocycles. The Labute approximate surface area is 119 Å². The second kappa shape index (κ2) is 6.55. The fourth-order valence-electron chi connectivity index (χ4n) is 1.93. The standard InChI is InChI=1S/C17H20O3/c1-12-3-6-15(9-13(12)2)17(19)11-20-16-7-4-14(10-18)5-8-16/h3-9,17-19H,10-11H2,1-2H3/t17-/m1/s1. The number of hydrogen-bond acceptors (Lipinski definition) is 3. The molecule has 0 unspecified atom stereocenters. The number of aryl methyl sites for hydroxylation is 2. The van der Waals surface area contributed by atoms with Crippen LogP contribution in [-0.4, -0.2) is 16.8 Å². The van der Waals surface area contributed by atoms with Gasteiger partial charge in [-0.2, -0.15) is 0 Å². The first-order valence-electron chi connectivity index (χ1n) is 6.68. The molecule has 0 aliphatic heterocycles. The molecule has 0 spiro atoms. The van der Waals surface area contributed by atoms with Crippen LogP contribution in [0.1, 0.15) is 28.4 Å². The Morgan fingerprint density at radius 1 is 1.00 bits per heavy atom. The lowest BCUT2D eigenvalue weighted by molar-refractivity contribution is 0.108. The van der Waals surface area contributed by atoms with Crippen LogP contribution in [0.4, 0.5) is 0 Å². The summed E-state index contributed by atoms with van der Waals surface area (Å²) in [5.41, 5.74) is 4.07. The second-order valence-corrected chi connectivity index (χ2v) is 4.97. The fourth-order valence-corrected chi connectivity index (χ4v) is 1.93. The molecule has 0 bridgehead atoms. The lowest BCUT2D eigenvalue weighted by atomic mass is 10.0. The quantitative estimate of drug-likeness (QED) is 0.880. The molecular weight excluding hydrogens is 252 g/mol. The molecule has 0 aliphatic rings. The molecule has 1 atom stereocenters. The average molecular weight is 272 g/mol. The molecule has 2 aromatic rings. The molecule has 2 rings (SSSR count). The third-order valence-corrected chi connectivity index (χ3v) is 3.43. The first-order valence-corrected chi connectivity index (χ1v) is 6.68. The largest absolute Gasteiger partial charge is 0.491 e. The Bertz CT molecular complexity index is 561. The van der Waals surface area contributed by atoms with Gasteiger partial charge >= 0.3 is 0 Å². The molecule has 0 fully saturated rings. The third kappa shape index (κ3) is 3.59. The zero-order valence-electron chi connectivity index (χ0n) is 11.8. The van der Waals surface area contributed by atoms with Gasteiger partial charge in [-0.1, -0.05) is 30.3 Å². The summed E-state index contributed by atoms with van der Waals surface area (Å²) in [6.45, 7) is 4.30. The molecular formula is C17H20O3. The van der Waals surface area contributed by atoms with E-state index in [2.05, 4.69) is 0 Å². The van der Waals surface area contributed by atoms with Crippen LogP contribution >= 0.6 is 0 Å². The Kier molecular flexibility index (Phi) is 4.77. The molecule has 0 amide bonds. The summed E-state index contributed by atoms with van der Waals surface area (Å²) in [6, 6.07) is 13.1. The van der Waals surface area contributed by atoms with Crippen LogP contribution in [0.15, 0.2) is 42.5 Å². The minimum absolute atomic E-state index is 0.0194. The van der Waals surface area contributed by atoms with Crippen LogP contribution < -0.4 is 4.74 Å². The van der Waals surface area contributed by atoms with Crippen molar-refractivity contribution in [3.8, 4) is 5.75 Å². The number of ether oxygens (including phenoxy) is 1. The molecule has 0 heterocycles. The number of rotatable bonds is 5. The molecule has 3 nitrogen and oxygen atoms in total. The summed E-state index contributed by atoms with van der Waals surface area (Å²) < 4.78 is 5.56. The van der Waals surface area contributed by atoms with E-state index in [9.17, 15) is 5.11 Å². The van der Waals surface area contributed by atoms with E-state index < -0.39 is 6.10 Å². The Hall–Kier alpha value is -1.84. The third-order valence-electron chi connectivity index (χ3n) is 3.43. The van der Waals surface area contributed by atoms with Gasteiger partial charge < -0.3 is 14.9 Å². The molecule has 0 radical (unpaired) electrons. The van der Waals surface area contributed by atoms with Gasteiger partial charge in [-0.25, -0.2) is 0 Å². The summed E-state index contributed by atoms with van der Waals surface area (Å²) in [5, 5.41) is 19.1. The second-order valence-electron chi connectivity index (χ2n) is 4.97. The van der Waals surface area contributed by atoms with E-state index in [-0.39, 0.29) is 13.2 Å². The van der Waals surface area contributed by atoms with E-state index in [4.69, 9.17) is 9.84 Å². The van der Waals surface area contributed by atoms with E-state index in [0.717, 1.165) is 16.7 Å². The molecule has 20 heavy (non-hydrogen) atoms. The molecule has 0 saturated heterocycles. The highest BCUT2D eigenvalue weighted by Crippen LogP contribution is 2.19. The topological polar surface area (TPSA) is 49.7 Å². The Morgan fingerprint density at radius 2 is 1.70 bits per heavy atom. The minimum atomic E-state index is -0.646. The van der Waals surface area contributed by atoms with Crippen LogP contribution in [0.3, 0.4) is 0 Å². The van der Waals surface area contributed by atoms with Gasteiger partial charge in [0.05, 0.1) is 6.61 Å². The smallest absolute Gasteiger partial charge is 0.119 e. The lowest BCUT2D eigenvalue weighted by Gasteiger charge is -2.14. The van der Waals surface area contributed by atoms with Crippen LogP contribution in [-0.2, 0) is 6.61 Å². The number of hydrogen-bond donors (Lipinski definition) is 2. The monoisotopic (exact) mass is 272 g/mol. The molecule has 106 valence electrons. The predicted molar refractivity (Wildman–Crippen MR) is 78.7 cm³/mol. The van der Waals surface area contributed by atoms with Gasteiger partial charge in [0, 0.05) is 0 Å². The van der Waals surface area contributed by atoms with E-state index >= 15 is 0 Å². The molecule has 2 N–H and O–H groups in total. The summed E-state index contributed by atoms with van der Waals surface area (Å²) >= 11 is 0. The van der Waals surface area contributed by atoms with E-state index in [1.165, 1.54) is 5.56 Å². The maximum absolute atomic E-state index is 10.1. The van der Waals surface area contributed by atoms with Crippen molar-refractivity contribution in [3.05, 3.63) is 64.7 Å². The van der Waals surface area contributed by atoms with Gasteiger partial charge in [0.1, 0.15) is 18.5 Å². The van der Waals surface area contributed by atoms with Gasteiger partial charge in [0.25, 0.3) is 0 Å². The highest BCUT2D eigenvalue weighted by molar-refractivity contribution is 5.31. The van der Waals surface area contributed by atoms with Crippen molar-refractivity contribution in [2.45, 2.75) is 26.6 Å². The molecule has 0 aromatic heterocycles. The predicted octanol–water partition coefficient (Wildman–Crippen LogP) is 2.91. The lowest BCUT2D eigenvalue weighted by Crippen LogP contribution is -2.10. The van der Waals surface area contributed by atoms with Gasteiger partial charge in [-0.05, 0) is 48.2 Å². The highest BCUT2D eigenvalue weighted by atomic mass is 16.5. The van der Waals surface area contributed by atoms with Gasteiger partial charge in [0.15, 0.2) is 0 Å². The van der Waals surface area contributed by atoms with Crippen molar-refractivity contribution in [2.75, 3.05) is 6.61 Å². The number of benzene rings is 2. The SMILES string of the molecule is Cc1ccc([C@H](O)COc2ccc(CO)cc2)cc1C. The van der Waals surface area contributed by atoms with Crippen molar-refractivity contribution in [2.24, 2.45) is 0 Å². The zero-order valence-corrected chi connectivity index (χ0v) is 11.8. The Balaban J connectivity index is 1.96. The van der Waals surface area contributed by atoms with Crippen molar-refractivity contribution >= 4 is 0 Å². The van der Waals surface area contributed by atoms with Crippen molar-refractivity contribution < 1.29 is 14.9 Å². The molecule has 2 aromatic carbocycles. The normalized spacial score (nSPS) is 12.2. The summed E-state index contributed by atoms with van der Waals surface area (Å²) in [5.74, 6) is 0.685. The maximum Gasteiger partial charge on any atom is 0.119 e. The van der Waals surface area contributed by atoms with Crippen molar-refractivity contribution in [1.82, 2.24) is 0 Å². The van der Waals surface area contributed by atoms with Crippen LogP contribution in [0.5, 0.6) is 5.75 Å². The maximum atomic E-state index is 10.1. The van der Waals surface area contributed by atoms with Crippen LogP contribution in [0.2, 0.25) is 0 Å². The fraction of sp³-hybridized carbons (Fsp3) is 0.294. The average Bonchev–Trinajstić information content (AvgIpc) is 2.48. The van der Waals surface area contributed by atoms with E-state index in [1.54, 1.807) is 24.3 Å². The zero-order chi connectivity index (χ0) is 14.5. The minimum Gasteiger partial charge on any atom is -0.491 e. The highest BCUT2D eigenvalue weighted by Gasteiger charge is 2.09. The Morgan fingerprint density at radius 3 is 2.30 bits per heavy atom. The summed E-state index contributed by atoms with van der Waals surface area (Å²) in [7, 11) is 0. The molecule has 3 heteroatoms. The van der Waals surface area contributed by atoms with Crippen molar-refractivity contribution in [1.29, 1.82) is 0 Å².